The van der Waals surface area contributed by atoms with Crippen LogP contribution in [0.5, 0.6) is 0 Å². The summed E-state index contributed by atoms with van der Waals surface area (Å²) in [6.45, 7) is 2.76. The molecule has 1 N–H and O–H groups in total. The van der Waals surface area contributed by atoms with E-state index in [2.05, 4.69) is 33.4 Å². The number of imidazole rings is 1. The summed E-state index contributed by atoms with van der Waals surface area (Å²) in [6.07, 6.45) is 6.64. The van der Waals surface area contributed by atoms with Crippen LogP contribution in [0, 0.1) is 0 Å². The summed E-state index contributed by atoms with van der Waals surface area (Å²) in [5.41, 5.74) is 4.07. The first-order valence-electron chi connectivity index (χ1n) is 8.82. The summed E-state index contributed by atoms with van der Waals surface area (Å²) in [7, 11) is 0. The normalized spacial score (nSPS) is 14.2. The monoisotopic (exact) mass is 334 g/mol. The molecule has 1 aromatic carbocycles. The second-order valence-electron chi connectivity index (χ2n) is 6.47. The Morgan fingerprint density at radius 1 is 1.08 bits per heavy atom. The number of fused-ring (bicyclic) bond motifs is 1. The Labute approximate surface area is 147 Å². The topological polar surface area (TPSA) is 49.6 Å². The van der Waals surface area contributed by atoms with Gasteiger partial charge in [0, 0.05) is 37.7 Å². The first-order valence-corrected chi connectivity index (χ1v) is 8.82. The van der Waals surface area contributed by atoms with Gasteiger partial charge in [0.25, 0.3) is 0 Å². The predicted molar refractivity (Wildman–Crippen MR) is 98.6 cm³/mol. The average molecular weight is 334 g/mol. The lowest BCUT2D eigenvalue weighted by Gasteiger charge is -2.21. The number of carbonyl (C=O) groups is 1. The zero-order valence-corrected chi connectivity index (χ0v) is 14.2. The molecule has 0 aliphatic carbocycles. The Morgan fingerprint density at radius 2 is 1.88 bits per heavy atom. The van der Waals surface area contributed by atoms with Crippen LogP contribution in [0.3, 0.4) is 0 Å². The molecule has 1 fully saturated rings. The van der Waals surface area contributed by atoms with Gasteiger partial charge in [0.1, 0.15) is 5.65 Å². The molecule has 3 aromatic rings. The Balaban J connectivity index is 1.40. The summed E-state index contributed by atoms with van der Waals surface area (Å²) >= 11 is 0. The number of benzene rings is 1. The predicted octanol–water partition coefficient (Wildman–Crippen LogP) is 2.79. The molecule has 1 saturated heterocycles. The van der Waals surface area contributed by atoms with E-state index in [1.807, 2.05) is 41.1 Å². The number of pyridine rings is 1. The van der Waals surface area contributed by atoms with Crippen molar-refractivity contribution in [2.45, 2.75) is 25.8 Å². The molecule has 1 aliphatic rings. The van der Waals surface area contributed by atoms with E-state index in [4.69, 9.17) is 0 Å². The van der Waals surface area contributed by atoms with Gasteiger partial charge in [-0.15, -0.1) is 0 Å². The molecule has 0 bridgehead atoms. The molecule has 4 rings (SSSR count). The Morgan fingerprint density at radius 3 is 2.72 bits per heavy atom. The fourth-order valence-corrected chi connectivity index (χ4v) is 3.42. The molecule has 3 heterocycles. The lowest BCUT2D eigenvalue weighted by atomic mass is 10.1. The van der Waals surface area contributed by atoms with Crippen molar-refractivity contribution in [3.8, 4) is 0 Å². The van der Waals surface area contributed by atoms with Gasteiger partial charge in [-0.3, -0.25) is 4.79 Å². The SMILES string of the molecule is O=C(Cc1cn2ccccc2n1)NCc1ccccc1N1CCCC1. The summed E-state index contributed by atoms with van der Waals surface area (Å²) in [5, 5.41) is 3.04. The van der Waals surface area contributed by atoms with Crippen molar-refractivity contribution in [1.29, 1.82) is 0 Å². The van der Waals surface area contributed by atoms with Crippen LogP contribution in [-0.4, -0.2) is 28.4 Å². The van der Waals surface area contributed by atoms with Gasteiger partial charge in [-0.1, -0.05) is 24.3 Å². The summed E-state index contributed by atoms with van der Waals surface area (Å²) in [4.78, 5) is 19.2. The van der Waals surface area contributed by atoms with E-state index < -0.39 is 0 Å². The fourth-order valence-electron chi connectivity index (χ4n) is 3.42. The van der Waals surface area contributed by atoms with E-state index in [9.17, 15) is 4.79 Å². The highest BCUT2D eigenvalue weighted by Crippen LogP contribution is 2.24. The number of hydrogen-bond donors (Lipinski definition) is 1. The highest BCUT2D eigenvalue weighted by atomic mass is 16.1. The molecule has 128 valence electrons. The maximum atomic E-state index is 12.3. The molecule has 0 radical (unpaired) electrons. The first kappa shape index (κ1) is 15.7. The maximum absolute atomic E-state index is 12.3. The second-order valence-corrected chi connectivity index (χ2v) is 6.47. The molecule has 0 spiro atoms. The van der Waals surface area contributed by atoms with Gasteiger partial charge in [0.05, 0.1) is 12.1 Å². The van der Waals surface area contributed by atoms with Crippen molar-refractivity contribution in [2.24, 2.45) is 0 Å². The zero-order valence-electron chi connectivity index (χ0n) is 14.2. The smallest absolute Gasteiger partial charge is 0.226 e. The maximum Gasteiger partial charge on any atom is 0.226 e. The Bertz CT molecular complexity index is 847. The molecular formula is C20H22N4O. The molecule has 25 heavy (non-hydrogen) atoms. The highest BCUT2D eigenvalue weighted by molar-refractivity contribution is 5.78. The number of para-hydroxylation sites is 1. The van der Waals surface area contributed by atoms with Gasteiger partial charge in [-0.2, -0.15) is 0 Å². The lowest BCUT2D eigenvalue weighted by molar-refractivity contribution is -0.120. The summed E-state index contributed by atoms with van der Waals surface area (Å²) < 4.78 is 1.94. The van der Waals surface area contributed by atoms with Crippen LogP contribution in [0.25, 0.3) is 5.65 Å². The Hall–Kier alpha value is -2.82. The molecular weight excluding hydrogens is 312 g/mol. The van der Waals surface area contributed by atoms with E-state index in [-0.39, 0.29) is 5.91 Å². The molecule has 0 unspecified atom stereocenters. The van der Waals surface area contributed by atoms with Gasteiger partial charge in [0.15, 0.2) is 0 Å². The quantitative estimate of drug-likeness (QED) is 0.780. The average Bonchev–Trinajstić information content (AvgIpc) is 3.29. The van der Waals surface area contributed by atoms with Crippen molar-refractivity contribution in [3.63, 3.8) is 0 Å². The van der Waals surface area contributed by atoms with Crippen LogP contribution in [0.1, 0.15) is 24.1 Å². The van der Waals surface area contributed by atoms with Crippen LogP contribution < -0.4 is 10.2 Å². The van der Waals surface area contributed by atoms with Gasteiger partial charge in [-0.25, -0.2) is 4.98 Å². The van der Waals surface area contributed by atoms with Gasteiger partial charge in [-0.05, 0) is 36.6 Å². The van der Waals surface area contributed by atoms with Crippen molar-refractivity contribution in [3.05, 3.63) is 66.1 Å². The van der Waals surface area contributed by atoms with Crippen LogP contribution in [0.15, 0.2) is 54.9 Å². The first-order chi connectivity index (χ1) is 12.3. The van der Waals surface area contributed by atoms with Crippen LogP contribution in [0.4, 0.5) is 5.69 Å². The molecule has 1 aliphatic heterocycles. The van der Waals surface area contributed by atoms with Crippen LogP contribution in [-0.2, 0) is 17.8 Å². The molecule has 2 aromatic heterocycles. The van der Waals surface area contributed by atoms with Crippen molar-refractivity contribution >= 4 is 17.2 Å². The zero-order chi connectivity index (χ0) is 17.1. The number of carbonyl (C=O) groups excluding carboxylic acids is 1. The standard InChI is InChI=1S/C20H22N4O/c25-20(13-17-15-24-12-4-3-9-19(24)22-17)21-14-16-7-1-2-8-18(16)23-10-5-6-11-23/h1-4,7-9,12,15H,5-6,10-11,13-14H2,(H,21,25). The summed E-state index contributed by atoms with van der Waals surface area (Å²) in [6, 6.07) is 14.2. The van der Waals surface area contributed by atoms with E-state index in [1.54, 1.807) is 0 Å². The fraction of sp³-hybridized carbons (Fsp3) is 0.300. The highest BCUT2D eigenvalue weighted by Gasteiger charge is 2.15. The van der Waals surface area contributed by atoms with Crippen LogP contribution in [0.2, 0.25) is 0 Å². The molecule has 0 atom stereocenters. The van der Waals surface area contributed by atoms with E-state index in [0.29, 0.717) is 13.0 Å². The van der Waals surface area contributed by atoms with Crippen LogP contribution >= 0.6 is 0 Å². The van der Waals surface area contributed by atoms with Crippen molar-refractivity contribution in [2.75, 3.05) is 18.0 Å². The van der Waals surface area contributed by atoms with E-state index >= 15 is 0 Å². The minimum Gasteiger partial charge on any atom is -0.371 e. The third kappa shape index (κ3) is 3.50. The second kappa shape index (κ2) is 6.97. The summed E-state index contributed by atoms with van der Waals surface area (Å²) in [5.74, 6) is -0.000342. The van der Waals surface area contributed by atoms with Gasteiger partial charge >= 0.3 is 0 Å². The number of rotatable bonds is 5. The third-order valence-corrected chi connectivity index (χ3v) is 4.67. The van der Waals surface area contributed by atoms with Gasteiger partial charge in [0.2, 0.25) is 5.91 Å². The minimum atomic E-state index is -0.000342. The van der Waals surface area contributed by atoms with E-state index in [1.165, 1.54) is 24.1 Å². The molecule has 0 saturated carbocycles. The Kier molecular flexibility index (Phi) is 4.37. The molecule has 5 heteroatoms. The minimum absolute atomic E-state index is 0.000342. The number of anilines is 1. The number of hydrogen-bond acceptors (Lipinski definition) is 3. The molecule has 1 amide bonds. The number of nitrogens with one attached hydrogen (secondary N) is 1. The van der Waals surface area contributed by atoms with Crippen molar-refractivity contribution in [1.82, 2.24) is 14.7 Å². The lowest BCUT2D eigenvalue weighted by Crippen LogP contribution is -2.26. The number of amides is 1. The van der Waals surface area contributed by atoms with Gasteiger partial charge < -0.3 is 14.6 Å². The largest absolute Gasteiger partial charge is 0.371 e. The number of aromatic nitrogens is 2. The number of nitrogens with zero attached hydrogens (tertiary/aromatic N) is 3. The molecule has 5 nitrogen and oxygen atoms in total. The van der Waals surface area contributed by atoms with Crippen molar-refractivity contribution < 1.29 is 4.79 Å². The third-order valence-electron chi connectivity index (χ3n) is 4.67. The van der Waals surface area contributed by atoms with E-state index in [0.717, 1.165) is 24.4 Å².